The Balaban J connectivity index is 2.16. The van der Waals surface area contributed by atoms with Crippen LogP contribution in [-0.2, 0) is 0 Å². The first-order chi connectivity index (χ1) is 7.28. The zero-order chi connectivity index (χ0) is 10.7. The monoisotopic (exact) mass is 238 g/mol. The molecule has 0 aliphatic heterocycles. The van der Waals surface area contributed by atoms with Crippen molar-refractivity contribution in [2.24, 2.45) is 0 Å². The number of benzene rings is 1. The Bertz CT molecular complexity index is 456. The van der Waals surface area contributed by atoms with Crippen molar-refractivity contribution in [1.82, 2.24) is 4.98 Å². The summed E-state index contributed by atoms with van der Waals surface area (Å²) in [5.74, 6) is 0.851. The second kappa shape index (κ2) is 4.55. The zero-order valence-electron chi connectivity index (χ0n) is 8.14. The summed E-state index contributed by atoms with van der Waals surface area (Å²) < 4.78 is 6.09. The molecule has 0 aliphatic rings. The smallest absolute Gasteiger partial charge is 0.156 e. The summed E-state index contributed by atoms with van der Waals surface area (Å²) in [4.78, 5) is 5.28. The lowest BCUT2D eigenvalue weighted by Crippen LogP contribution is -1.81. The molecule has 2 N–H and O–H groups in total. The van der Waals surface area contributed by atoms with Crippen molar-refractivity contribution in [2.75, 3.05) is 12.8 Å². The second-order valence-corrected chi connectivity index (χ2v) is 5.19. The molecule has 2 rings (SSSR count). The molecule has 0 aliphatic carbocycles. The molecule has 0 saturated carbocycles. The Morgan fingerprint density at radius 1 is 1.47 bits per heavy atom. The van der Waals surface area contributed by atoms with Crippen LogP contribution in [0.2, 0.25) is 0 Å². The van der Waals surface area contributed by atoms with E-state index in [1.807, 2.05) is 24.3 Å². The third kappa shape index (κ3) is 2.64. The predicted octanol–water partition coefficient (Wildman–Crippen LogP) is 2.89. The SMILES string of the molecule is COc1cccc(Sc2ncc(N)s2)c1. The average Bonchev–Trinajstić information content (AvgIpc) is 2.64. The first-order valence-corrected chi connectivity index (χ1v) is 5.94. The van der Waals surface area contributed by atoms with Crippen molar-refractivity contribution in [3.63, 3.8) is 0 Å². The highest BCUT2D eigenvalue weighted by atomic mass is 32.2. The van der Waals surface area contributed by atoms with Gasteiger partial charge in [0, 0.05) is 4.90 Å². The van der Waals surface area contributed by atoms with Crippen molar-refractivity contribution in [1.29, 1.82) is 0 Å². The number of hydrogen-bond donors (Lipinski definition) is 1. The van der Waals surface area contributed by atoms with Gasteiger partial charge in [-0.1, -0.05) is 29.2 Å². The van der Waals surface area contributed by atoms with Gasteiger partial charge in [-0.15, -0.1) is 0 Å². The molecule has 2 aromatic rings. The fourth-order valence-electron chi connectivity index (χ4n) is 1.08. The van der Waals surface area contributed by atoms with Crippen LogP contribution in [0.25, 0.3) is 0 Å². The third-order valence-electron chi connectivity index (χ3n) is 1.75. The highest BCUT2D eigenvalue weighted by Gasteiger charge is 2.02. The molecule has 0 fully saturated rings. The van der Waals surface area contributed by atoms with Gasteiger partial charge in [0.25, 0.3) is 0 Å². The number of anilines is 1. The fourth-order valence-corrected chi connectivity index (χ4v) is 2.87. The maximum Gasteiger partial charge on any atom is 0.156 e. The van der Waals surface area contributed by atoms with E-state index in [-0.39, 0.29) is 0 Å². The number of aromatic nitrogens is 1. The van der Waals surface area contributed by atoms with Gasteiger partial charge in [-0.2, -0.15) is 0 Å². The molecule has 0 radical (unpaired) electrons. The number of thiazole rings is 1. The van der Waals surface area contributed by atoms with E-state index in [1.54, 1.807) is 25.1 Å². The Hall–Kier alpha value is -1.20. The first-order valence-electron chi connectivity index (χ1n) is 4.31. The Morgan fingerprint density at radius 3 is 3.00 bits per heavy atom. The molecule has 1 heterocycles. The Labute approximate surface area is 96.3 Å². The van der Waals surface area contributed by atoms with Crippen molar-refractivity contribution >= 4 is 28.1 Å². The minimum Gasteiger partial charge on any atom is -0.497 e. The van der Waals surface area contributed by atoms with Crippen molar-refractivity contribution in [2.45, 2.75) is 9.24 Å². The summed E-state index contributed by atoms with van der Waals surface area (Å²) in [5.41, 5.74) is 5.61. The van der Waals surface area contributed by atoms with Crippen LogP contribution in [0.4, 0.5) is 5.00 Å². The Kier molecular flexibility index (Phi) is 3.13. The minimum atomic E-state index is 0.736. The topological polar surface area (TPSA) is 48.1 Å². The minimum absolute atomic E-state index is 0.736. The molecule has 5 heteroatoms. The van der Waals surface area contributed by atoms with Gasteiger partial charge in [0.05, 0.1) is 13.3 Å². The summed E-state index contributed by atoms with van der Waals surface area (Å²) >= 11 is 3.07. The molecular weight excluding hydrogens is 228 g/mol. The lowest BCUT2D eigenvalue weighted by Gasteiger charge is -2.01. The number of nitrogens with zero attached hydrogens (tertiary/aromatic N) is 1. The second-order valence-electron chi connectivity index (χ2n) is 2.81. The number of hydrogen-bond acceptors (Lipinski definition) is 5. The van der Waals surface area contributed by atoms with E-state index < -0.39 is 0 Å². The zero-order valence-corrected chi connectivity index (χ0v) is 9.77. The van der Waals surface area contributed by atoms with Gasteiger partial charge >= 0.3 is 0 Å². The van der Waals surface area contributed by atoms with E-state index in [9.17, 15) is 0 Å². The molecule has 1 aromatic heterocycles. The van der Waals surface area contributed by atoms with Gasteiger partial charge in [-0.3, -0.25) is 0 Å². The standard InChI is InChI=1S/C10H10N2OS2/c1-13-7-3-2-4-8(5-7)14-10-12-6-9(11)15-10/h2-6H,11H2,1H3. The number of nitrogen functional groups attached to an aromatic ring is 1. The Morgan fingerprint density at radius 2 is 2.33 bits per heavy atom. The van der Waals surface area contributed by atoms with Crippen LogP contribution in [-0.4, -0.2) is 12.1 Å². The highest BCUT2D eigenvalue weighted by molar-refractivity contribution is 8.01. The van der Waals surface area contributed by atoms with Crippen LogP contribution in [0.15, 0.2) is 39.7 Å². The van der Waals surface area contributed by atoms with E-state index in [2.05, 4.69) is 4.98 Å². The van der Waals surface area contributed by atoms with E-state index in [0.29, 0.717) is 0 Å². The van der Waals surface area contributed by atoms with Gasteiger partial charge < -0.3 is 10.5 Å². The summed E-state index contributed by atoms with van der Waals surface area (Å²) in [5, 5.41) is 0.736. The number of nitrogens with two attached hydrogens (primary N) is 1. The van der Waals surface area contributed by atoms with Crippen LogP contribution in [0.5, 0.6) is 5.75 Å². The summed E-state index contributed by atoms with van der Waals surface area (Å²) in [6.45, 7) is 0. The summed E-state index contributed by atoms with van der Waals surface area (Å²) in [6.07, 6.45) is 1.67. The van der Waals surface area contributed by atoms with Gasteiger partial charge in [-0.25, -0.2) is 4.98 Å². The molecule has 0 atom stereocenters. The van der Waals surface area contributed by atoms with Gasteiger partial charge in [0.15, 0.2) is 4.34 Å². The quantitative estimate of drug-likeness (QED) is 0.893. The summed E-state index contributed by atoms with van der Waals surface area (Å²) in [6, 6.07) is 7.87. The highest BCUT2D eigenvalue weighted by Crippen LogP contribution is 2.33. The van der Waals surface area contributed by atoms with E-state index in [1.165, 1.54) is 11.3 Å². The average molecular weight is 238 g/mol. The van der Waals surface area contributed by atoms with E-state index in [0.717, 1.165) is 20.0 Å². The normalized spacial score (nSPS) is 10.2. The molecule has 0 amide bonds. The molecule has 3 nitrogen and oxygen atoms in total. The lowest BCUT2D eigenvalue weighted by molar-refractivity contribution is 0.413. The van der Waals surface area contributed by atoms with E-state index >= 15 is 0 Å². The van der Waals surface area contributed by atoms with Crippen LogP contribution in [0.1, 0.15) is 0 Å². The molecular formula is C10H10N2OS2. The van der Waals surface area contributed by atoms with Crippen LogP contribution in [0.3, 0.4) is 0 Å². The van der Waals surface area contributed by atoms with E-state index in [4.69, 9.17) is 10.5 Å². The largest absolute Gasteiger partial charge is 0.497 e. The maximum absolute atomic E-state index is 5.61. The maximum atomic E-state index is 5.61. The van der Waals surface area contributed by atoms with Gasteiger partial charge in [0.1, 0.15) is 10.8 Å². The third-order valence-corrected chi connectivity index (χ3v) is 3.64. The van der Waals surface area contributed by atoms with Gasteiger partial charge in [-0.05, 0) is 18.2 Å². The molecule has 0 spiro atoms. The van der Waals surface area contributed by atoms with Crippen molar-refractivity contribution < 1.29 is 4.74 Å². The molecule has 0 saturated heterocycles. The summed E-state index contributed by atoms with van der Waals surface area (Å²) in [7, 11) is 1.66. The molecule has 78 valence electrons. The molecule has 15 heavy (non-hydrogen) atoms. The number of rotatable bonds is 3. The van der Waals surface area contributed by atoms with Crippen molar-refractivity contribution in [3.8, 4) is 5.75 Å². The molecule has 1 aromatic carbocycles. The first kappa shape index (κ1) is 10.3. The van der Waals surface area contributed by atoms with Crippen LogP contribution < -0.4 is 10.5 Å². The van der Waals surface area contributed by atoms with Gasteiger partial charge in [0.2, 0.25) is 0 Å². The predicted molar refractivity (Wildman–Crippen MR) is 63.6 cm³/mol. The van der Waals surface area contributed by atoms with Crippen molar-refractivity contribution in [3.05, 3.63) is 30.5 Å². The fraction of sp³-hybridized carbons (Fsp3) is 0.100. The number of methoxy groups -OCH3 is 1. The molecule has 0 bridgehead atoms. The lowest BCUT2D eigenvalue weighted by atomic mass is 10.3. The number of ether oxygens (including phenoxy) is 1. The van der Waals surface area contributed by atoms with Crippen LogP contribution in [0, 0.1) is 0 Å². The van der Waals surface area contributed by atoms with Crippen LogP contribution >= 0.6 is 23.1 Å². The molecule has 0 unspecified atom stereocenters.